The molecule has 1 aromatic rings. The summed E-state index contributed by atoms with van der Waals surface area (Å²) >= 11 is 0. The molecule has 20 heavy (non-hydrogen) atoms. The van der Waals surface area contributed by atoms with Crippen LogP contribution in [0.2, 0.25) is 0 Å². The number of pyridine rings is 1. The largest absolute Gasteiger partial charge is 0.485 e. The van der Waals surface area contributed by atoms with E-state index in [4.69, 9.17) is 9.84 Å². The van der Waals surface area contributed by atoms with Crippen molar-refractivity contribution in [1.82, 2.24) is 4.57 Å². The lowest BCUT2D eigenvalue weighted by Gasteiger charge is -2.25. The van der Waals surface area contributed by atoms with Gasteiger partial charge in [0, 0.05) is 18.3 Å². The van der Waals surface area contributed by atoms with E-state index in [-0.39, 0.29) is 24.6 Å². The minimum Gasteiger partial charge on any atom is -0.485 e. The second kappa shape index (κ2) is 5.53. The van der Waals surface area contributed by atoms with Crippen LogP contribution in [0.25, 0.3) is 6.08 Å². The van der Waals surface area contributed by atoms with Crippen LogP contribution >= 0.6 is 0 Å². The van der Waals surface area contributed by atoms with Gasteiger partial charge in [-0.2, -0.15) is 0 Å². The standard InChI is InChI=1S/C15H19NO4/c1-9(2)12-5-4-11-13(20-12)8-10(3)16(15(11)19)7-6-14(17)18/h4-5,8-9,12H,6-7H2,1-3H3,(H,17,18)/t12-/m1/s1. The molecule has 2 rings (SSSR count). The van der Waals surface area contributed by atoms with E-state index in [0.717, 1.165) is 0 Å². The summed E-state index contributed by atoms with van der Waals surface area (Å²) in [5.74, 6) is -0.00453. The zero-order valence-electron chi connectivity index (χ0n) is 11.9. The van der Waals surface area contributed by atoms with Crippen molar-refractivity contribution in [2.45, 2.75) is 39.8 Å². The number of carbonyl (C=O) groups is 1. The third-order valence-corrected chi connectivity index (χ3v) is 3.43. The molecule has 1 aliphatic heterocycles. The molecule has 0 unspecified atom stereocenters. The average Bonchev–Trinajstić information content (AvgIpc) is 2.37. The highest BCUT2D eigenvalue weighted by Gasteiger charge is 2.21. The van der Waals surface area contributed by atoms with E-state index in [2.05, 4.69) is 13.8 Å². The first-order valence-corrected chi connectivity index (χ1v) is 6.71. The van der Waals surface area contributed by atoms with Crippen molar-refractivity contribution in [2.24, 2.45) is 5.92 Å². The molecule has 1 aliphatic rings. The predicted octanol–water partition coefficient (Wildman–Crippen LogP) is 2.06. The summed E-state index contributed by atoms with van der Waals surface area (Å²) in [4.78, 5) is 23.0. The third kappa shape index (κ3) is 2.76. The van der Waals surface area contributed by atoms with Crippen molar-refractivity contribution in [3.8, 4) is 5.75 Å². The lowest BCUT2D eigenvalue weighted by atomic mass is 10.0. The quantitative estimate of drug-likeness (QED) is 0.914. The molecule has 0 aliphatic carbocycles. The summed E-state index contributed by atoms with van der Waals surface area (Å²) in [5, 5.41) is 8.74. The van der Waals surface area contributed by atoms with Crippen LogP contribution in [0.4, 0.5) is 0 Å². The van der Waals surface area contributed by atoms with Gasteiger partial charge in [-0.1, -0.05) is 13.8 Å². The van der Waals surface area contributed by atoms with Crippen molar-refractivity contribution >= 4 is 12.0 Å². The van der Waals surface area contributed by atoms with Crippen LogP contribution in [0, 0.1) is 12.8 Å². The monoisotopic (exact) mass is 277 g/mol. The molecule has 5 heteroatoms. The molecule has 0 spiro atoms. The average molecular weight is 277 g/mol. The van der Waals surface area contributed by atoms with Crippen molar-refractivity contribution < 1.29 is 14.6 Å². The molecule has 0 radical (unpaired) electrons. The van der Waals surface area contributed by atoms with Crippen LogP contribution in [-0.2, 0) is 11.3 Å². The summed E-state index contributed by atoms with van der Waals surface area (Å²) in [6.45, 7) is 6.08. The molecule has 0 saturated carbocycles. The Balaban J connectivity index is 2.38. The molecule has 0 bridgehead atoms. The number of nitrogens with zero attached hydrogens (tertiary/aromatic N) is 1. The SMILES string of the molecule is Cc1cc2c(c(=O)n1CCC(=O)O)C=C[C@H](C(C)C)O2. The number of carboxylic acid groups (broad SMARTS) is 1. The molecule has 5 nitrogen and oxygen atoms in total. The highest BCUT2D eigenvalue weighted by atomic mass is 16.5. The molecular weight excluding hydrogens is 258 g/mol. The summed E-state index contributed by atoms with van der Waals surface area (Å²) in [6, 6.07) is 1.80. The topological polar surface area (TPSA) is 68.5 Å². The van der Waals surface area contributed by atoms with E-state index >= 15 is 0 Å². The second-order valence-electron chi connectivity index (χ2n) is 5.35. The fourth-order valence-corrected chi connectivity index (χ4v) is 2.23. The van der Waals surface area contributed by atoms with Crippen LogP contribution in [0.1, 0.15) is 31.5 Å². The van der Waals surface area contributed by atoms with Gasteiger partial charge in [0.15, 0.2) is 0 Å². The Morgan fingerprint density at radius 2 is 2.20 bits per heavy atom. The van der Waals surface area contributed by atoms with E-state index in [9.17, 15) is 9.59 Å². The Labute approximate surface area is 117 Å². The van der Waals surface area contributed by atoms with Crippen molar-refractivity contribution in [3.63, 3.8) is 0 Å². The fraction of sp³-hybridized carbons (Fsp3) is 0.467. The minimum atomic E-state index is -0.916. The van der Waals surface area contributed by atoms with E-state index in [1.807, 2.05) is 6.08 Å². The summed E-state index contributed by atoms with van der Waals surface area (Å²) in [7, 11) is 0. The molecule has 1 aromatic heterocycles. The summed E-state index contributed by atoms with van der Waals surface area (Å²) in [6.07, 6.45) is 3.56. The Bertz CT molecular complexity index is 613. The third-order valence-electron chi connectivity index (χ3n) is 3.43. The van der Waals surface area contributed by atoms with Crippen molar-refractivity contribution in [3.05, 3.63) is 33.8 Å². The van der Waals surface area contributed by atoms with Gasteiger partial charge in [-0.3, -0.25) is 9.59 Å². The fourth-order valence-electron chi connectivity index (χ4n) is 2.23. The number of carboxylic acids is 1. The number of aryl methyl sites for hydroxylation is 1. The van der Waals surface area contributed by atoms with Gasteiger partial charge >= 0.3 is 5.97 Å². The lowest BCUT2D eigenvalue weighted by Crippen LogP contribution is -2.30. The maximum absolute atomic E-state index is 12.4. The molecule has 108 valence electrons. The molecule has 1 N–H and O–H groups in total. The number of ether oxygens (including phenoxy) is 1. The summed E-state index contributed by atoms with van der Waals surface area (Å²) < 4.78 is 7.30. The Kier molecular flexibility index (Phi) is 3.97. The first kappa shape index (κ1) is 14.4. The number of hydrogen-bond acceptors (Lipinski definition) is 3. The predicted molar refractivity (Wildman–Crippen MR) is 76.0 cm³/mol. The van der Waals surface area contributed by atoms with Gasteiger partial charge in [-0.15, -0.1) is 0 Å². The highest BCUT2D eigenvalue weighted by molar-refractivity contribution is 5.66. The zero-order chi connectivity index (χ0) is 14.9. The van der Waals surface area contributed by atoms with Crippen LogP contribution in [0.5, 0.6) is 5.75 Å². The number of aliphatic carboxylic acids is 1. The Hall–Kier alpha value is -2.04. The van der Waals surface area contributed by atoms with Crippen LogP contribution in [0.15, 0.2) is 16.9 Å². The maximum atomic E-state index is 12.4. The molecule has 0 fully saturated rings. The smallest absolute Gasteiger partial charge is 0.305 e. The van der Waals surface area contributed by atoms with Crippen molar-refractivity contribution in [2.75, 3.05) is 0 Å². The van der Waals surface area contributed by atoms with Crippen LogP contribution < -0.4 is 10.3 Å². The van der Waals surface area contributed by atoms with E-state index < -0.39 is 5.97 Å². The molecular formula is C15H19NO4. The first-order valence-electron chi connectivity index (χ1n) is 6.71. The minimum absolute atomic E-state index is 0.0313. The van der Waals surface area contributed by atoms with Crippen molar-refractivity contribution in [1.29, 1.82) is 0 Å². The van der Waals surface area contributed by atoms with Gasteiger partial charge in [0.25, 0.3) is 5.56 Å². The maximum Gasteiger partial charge on any atom is 0.305 e. The Morgan fingerprint density at radius 1 is 1.50 bits per heavy atom. The van der Waals surface area contributed by atoms with Gasteiger partial charge in [0.1, 0.15) is 11.9 Å². The zero-order valence-corrected chi connectivity index (χ0v) is 11.9. The van der Waals surface area contributed by atoms with E-state index in [1.165, 1.54) is 4.57 Å². The molecule has 2 heterocycles. The first-order chi connectivity index (χ1) is 9.40. The van der Waals surface area contributed by atoms with Gasteiger partial charge in [-0.05, 0) is 25.0 Å². The molecule has 0 amide bonds. The highest BCUT2D eigenvalue weighted by Crippen LogP contribution is 2.26. The normalized spacial score (nSPS) is 16.9. The van der Waals surface area contributed by atoms with Crippen LogP contribution in [-0.4, -0.2) is 21.7 Å². The van der Waals surface area contributed by atoms with Gasteiger partial charge in [0.2, 0.25) is 0 Å². The van der Waals surface area contributed by atoms with E-state index in [1.54, 1.807) is 19.1 Å². The molecule has 0 saturated heterocycles. The van der Waals surface area contributed by atoms with Gasteiger partial charge in [0.05, 0.1) is 12.0 Å². The molecule has 0 aromatic carbocycles. The van der Waals surface area contributed by atoms with Crippen LogP contribution in [0.3, 0.4) is 0 Å². The number of fused-ring (bicyclic) bond motifs is 1. The van der Waals surface area contributed by atoms with Gasteiger partial charge in [-0.25, -0.2) is 0 Å². The summed E-state index contributed by atoms with van der Waals surface area (Å²) in [5.41, 5.74) is 1.02. The lowest BCUT2D eigenvalue weighted by molar-refractivity contribution is -0.137. The van der Waals surface area contributed by atoms with E-state index in [0.29, 0.717) is 22.9 Å². The number of aromatic nitrogens is 1. The number of rotatable bonds is 4. The molecule has 1 atom stereocenters. The Morgan fingerprint density at radius 3 is 2.80 bits per heavy atom. The second-order valence-corrected chi connectivity index (χ2v) is 5.35. The van der Waals surface area contributed by atoms with Gasteiger partial charge < -0.3 is 14.4 Å². The number of hydrogen-bond donors (Lipinski definition) is 1.